The topological polar surface area (TPSA) is 66.8 Å². The van der Waals surface area contributed by atoms with Crippen LogP contribution in [0.15, 0.2) is 0 Å². The molecule has 0 bridgehead atoms. The molecule has 11 heavy (non-hydrogen) atoms. The summed E-state index contributed by atoms with van der Waals surface area (Å²) in [6.07, 6.45) is -1.98. The van der Waals surface area contributed by atoms with Gasteiger partial charge in [0.1, 0.15) is 12.2 Å². The van der Waals surface area contributed by atoms with Crippen LogP contribution in [0.2, 0.25) is 0 Å². The Labute approximate surface area is 64.8 Å². The molecule has 1 aliphatic carbocycles. The molecule has 0 spiro atoms. The molecular weight excluding hydrogens is 148 g/mol. The fourth-order valence-corrected chi connectivity index (χ4v) is 1.28. The fraction of sp³-hybridized carbons (Fsp3) is 0.857. The van der Waals surface area contributed by atoms with E-state index in [1.807, 2.05) is 0 Å². The second-order valence-corrected chi connectivity index (χ2v) is 2.72. The summed E-state index contributed by atoms with van der Waals surface area (Å²) in [6.45, 7) is 0. The van der Waals surface area contributed by atoms with Gasteiger partial charge in [0, 0.05) is 13.5 Å². The normalized spacial score (nSPS) is 39.2. The van der Waals surface area contributed by atoms with Crippen molar-refractivity contribution in [1.82, 2.24) is 0 Å². The van der Waals surface area contributed by atoms with Crippen LogP contribution in [0.3, 0.4) is 0 Å². The quantitative estimate of drug-likeness (QED) is 0.521. The third-order valence-electron chi connectivity index (χ3n) is 1.98. The molecule has 1 rings (SSSR count). The minimum absolute atomic E-state index is 0.238. The van der Waals surface area contributed by atoms with Gasteiger partial charge in [-0.15, -0.1) is 0 Å². The Hall–Kier alpha value is -0.450. The van der Waals surface area contributed by atoms with Gasteiger partial charge in [0.15, 0.2) is 5.78 Å². The van der Waals surface area contributed by atoms with Gasteiger partial charge >= 0.3 is 0 Å². The SMILES string of the molecule is CO[C@@H]1[C@H](O)CCC(=O)[C@H]1O. The molecule has 0 amide bonds. The van der Waals surface area contributed by atoms with E-state index in [9.17, 15) is 15.0 Å². The maximum atomic E-state index is 10.9. The Morgan fingerprint density at radius 2 is 2.18 bits per heavy atom. The lowest BCUT2D eigenvalue weighted by Crippen LogP contribution is -2.47. The number of hydrogen-bond acceptors (Lipinski definition) is 4. The first kappa shape index (κ1) is 8.64. The second-order valence-electron chi connectivity index (χ2n) is 2.72. The molecule has 2 N–H and O–H groups in total. The van der Waals surface area contributed by atoms with Crippen LogP contribution in [0.4, 0.5) is 0 Å². The largest absolute Gasteiger partial charge is 0.390 e. The number of carbonyl (C=O) groups excluding carboxylic acids is 1. The predicted molar refractivity (Wildman–Crippen MR) is 37.1 cm³/mol. The molecule has 1 saturated carbocycles. The summed E-state index contributed by atoms with van der Waals surface area (Å²) >= 11 is 0. The first-order valence-electron chi connectivity index (χ1n) is 3.58. The molecule has 0 heterocycles. The molecule has 0 aromatic rings. The van der Waals surface area contributed by atoms with E-state index in [2.05, 4.69) is 0 Å². The van der Waals surface area contributed by atoms with Crippen molar-refractivity contribution in [2.24, 2.45) is 0 Å². The lowest BCUT2D eigenvalue weighted by atomic mass is 9.91. The number of aliphatic hydroxyl groups excluding tert-OH is 2. The maximum absolute atomic E-state index is 10.9. The summed E-state index contributed by atoms with van der Waals surface area (Å²) < 4.78 is 4.77. The zero-order valence-electron chi connectivity index (χ0n) is 6.36. The summed E-state index contributed by atoms with van der Waals surface area (Å²) in [5.41, 5.74) is 0. The van der Waals surface area contributed by atoms with Crippen LogP contribution in [-0.4, -0.2) is 41.4 Å². The van der Waals surface area contributed by atoms with Crippen LogP contribution in [-0.2, 0) is 9.53 Å². The highest BCUT2D eigenvalue weighted by molar-refractivity contribution is 5.84. The molecule has 0 aromatic heterocycles. The van der Waals surface area contributed by atoms with Crippen molar-refractivity contribution >= 4 is 5.78 Å². The standard InChI is InChI=1S/C7H12O4/c1-11-7-5(9)3-2-4(8)6(7)10/h5-7,9-10H,2-3H2,1H3/t5-,6-,7-/m1/s1. The smallest absolute Gasteiger partial charge is 0.164 e. The van der Waals surface area contributed by atoms with Gasteiger partial charge in [0.2, 0.25) is 0 Å². The Morgan fingerprint density at radius 3 is 2.64 bits per heavy atom. The first-order chi connectivity index (χ1) is 5.16. The molecule has 0 radical (unpaired) electrons. The van der Waals surface area contributed by atoms with Gasteiger partial charge in [-0.3, -0.25) is 4.79 Å². The van der Waals surface area contributed by atoms with Crippen LogP contribution in [0.5, 0.6) is 0 Å². The highest BCUT2D eigenvalue weighted by atomic mass is 16.5. The van der Waals surface area contributed by atoms with E-state index in [-0.39, 0.29) is 12.2 Å². The average Bonchev–Trinajstić information content (AvgIpc) is 1.99. The van der Waals surface area contributed by atoms with Crippen LogP contribution in [0, 0.1) is 0 Å². The number of hydrogen-bond donors (Lipinski definition) is 2. The van der Waals surface area contributed by atoms with E-state index in [0.717, 1.165) is 0 Å². The van der Waals surface area contributed by atoms with Crippen molar-refractivity contribution in [1.29, 1.82) is 0 Å². The summed E-state index contributed by atoms with van der Waals surface area (Å²) in [4.78, 5) is 10.9. The average molecular weight is 160 g/mol. The second kappa shape index (κ2) is 3.30. The highest BCUT2D eigenvalue weighted by Crippen LogP contribution is 2.18. The third-order valence-corrected chi connectivity index (χ3v) is 1.98. The van der Waals surface area contributed by atoms with E-state index in [1.165, 1.54) is 7.11 Å². The zero-order chi connectivity index (χ0) is 8.43. The Balaban J connectivity index is 2.63. The molecule has 1 fully saturated rings. The lowest BCUT2D eigenvalue weighted by Gasteiger charge is -2.29. The molecule has 4 heteroatoms. The molecule has 4 nitrogen and oxygen atoms in total. The first-order valence-corrected chi connectivity index (χ1v) is 3.58. The summed E-state index contributed by atoms with van der Waals surface area (Å²) in [6, 6.07) is 0. The lowest BCUT2D eigenvalue weighted by molar-refractivity contribution is -0.150. The Morgan fingerprint density at radius 1 is 1.55 bits per heavy atom. The summed E-state index contributed by atoms with van der Waals surface area (Å²) in [5.74, 6) is -0.248. The van der Waals surface area contributed by atoms with E-state index in [1.54, 1.807) is 0 Å². The Bertz CT molecular complexity index is 157. The molecule has 3 atom stereocenters. The van der Waals surface area contributed by atoms with E-state index >= 15 is 0 Å². The molecular formula is C7H12O4. The van der Waals surface area contributed by atoms with Crippen LogP contribution < -0.4 is 0 Å². The molecule has 0 unspecified atom stereocenters. The minimum atomic E-state index is -1.15. The van der Waals surface area contributed by atoms with Crippen molar-refractivity contribution in [3.8, 4) is 0 Å². The summed E-state index contributed by atoms with van der Waals surface area (Å²) in [7, 11) is 1.37. The number of Topliss-reactive ketones (excluding diaryl/α,β-unsaturated/α-hetero) is 1. The minimum Gasteiger partial charge on any atom is -0.390 e. The van der Waals surface area contributed by atoms with Gasteiger partial charge in [-0.25, -0.2) is 0 Å². The molecule has 64 valence electrons. The molecule has 0 aromatic carbocycles. The van der Waals surface area contributed by atoms with Gasteiger partial charge < -0.3 is 14.9 Å². The van der Waals surface area contributed by atoms with Crippen molar-refractivity contribution < 1.29 is 19.7 Å². The van der Waals surface area contributed by atoms with Crippen molar-refractivity contribution in [2.45, 2.75) is 31.2 Å². The van der Waals surface area contributed by atoms with Crippen LogP contribution >= 0.6 is 0 Å². The van der Waals surface area contributed by atoms with Gasteiger partial charge in [-0.2, -0.15) is 0 Å². The van der Waals surface area contributed by atoms with E-state index in [0.29, 0.717) is 6.42 Å². The highest BCUT2D eigenvalue weighted by Gasteiger charge is 2.36. The van der Waals surface area contributed by atoms with Gasteiger partial charge in [-0.1, -0.05) is 0 Å². The number of ether oxygens (including phenoxy) is 1. The number of aliphatic hydroxyl groups is 2. The van der Waals surface area contributed by atoms with E-state index < -0.39 is 18.3 Å². The van der Waals surface area contributed by atoms with Crippen molar-refractivity contribution in [3.63, 3.8) is 0 Å². The third kappa shape index (κ3) is 1.58. The van der Waals surface area contributed by atoms with Crippen molar-refractivity contribution in [2.75, 3.05) is 7.11 Å². The number of ketones is 1. The van der Waals surface area contributed by atoms with Gasteiger partial charge in [-0.05, 0) is 6.42 Å². The van der Waals surface area contributed by atoms with Gasteiger partial charge in [0.05, 0.1) is 6.10 Å². The molecule has 0 aliphatic heterocycles. The van der Waals surface area contributed by atoms with E-state index in [4.69, 9.17) is 4.74 Å². The van der Waals surface area contributed by atoms with Crippen LogP contribution in [0.25, 0.3) is 0 Å². The zero-order valence-corrected chi connectivity index (χ0v) is 6.36. The fourth-order valence-electron chi connectivity index (χ4n) is 1.28. The predicted octanol–water partition coefficient (Wildman–Crippen LogP) is -0.914. The maximum Gasteiger partial charge on any atom is 0.164 e. The number of rotatable bonds is 1. The molecule has 1 aliphatic rings. The summed E-state index contributed by atoms with van der Waals surface area (Å²) in [5, 5.41) is 18.4. The van der Waals surface area contributed by atoms with Crippen LogP contribution in [0.1, 0.15) is 12.8 Å². The van der Waals surface area contributed by atoms with Crippen molar-refractivity contribution in [3.05, 3.63) is 0 Å². The van der Waals surface area contributed by atoms with Gasteiger partial charge in [0.25, 0.3) is 0 Å². The molecule has 0 saturated heterocycles. The Kier molecular flexibility index (Phi) is 2.59. The number of methoxy groups -OCH3 is 1. The number of carbonyl (C=O) groups is 1. The monoisotopic (exact) mass is 160 g/mol.